The standard InChI is InChI=1S/C30H63N.ClH/c1-4-7-10-11-12-13-14-15-16-17-18-19-20-21-22-23-24-25-26-27-30-31(28-8-5-2)29-9-6-3;/h4-30H2,1-3H3;1H. The molecule has 1 nitrogen and oxygen atoms in total. The molecule has 0 spiro atoms. The topological polar surface area (TPSA) is 3.24 Å². The molecule has 0 N–H and O–H groups in total. The second-order valence-corrected chi connectivity index (χ2v) is 10.3. The summed E-state index contributed by atoms with van der Waals surface area (Å²) >= 11 is 0. The molecule has 0 saturated heterocycles. The number of nitrogens with zero attached hydrogens (tertiary/aromatic N) is 1. The molecule has 196 valence electrons. The lowest BCUT2D eigenvalue weighted by Gasteiger charge is -2.21. The molecule has 0 atom stereocenters. The summed E-state index contributed by atoms with van der Waals surface area (Å²) in [6, 6.07) is 0. The third-order valence-electron chi connectivity index (χ3n) is 6.98. The van der Waals surface area contributed by atoms with Crippen LogP contribution in [0.3, 0.4) is 0 Å². The van der Waals surface area contributed by atoms with Crippen molar-refractivity contribution in [2.75, 3.05) is 19.6 Å². The summed E-state index contributed by atoms with van der Waals surface area (Å²) < 4.78 is 0. The molecule has 0 fully saturated rings. The third-order valence-corrected chi connectivity index (χ3v) is 6.98. The smallest absolute Gasteiger partial charge is 0.00187 e. The monoisotopic (exact) mass is 473 g/mol. The molecule has 0 aliphatic rings. The average molecular weight is 474 g/mol. The van der Waals surface area contributed by atoms with Gasteiger partial charge in [-0.2, -0.15) is 0 Å². The predicted octanol–water partition coefficient (Wildman–Crippen LogP) is 11.1. The first-order valence-electron chi connectivity index (χ1n) is 15.1. The molecule has 0 heterocycles. The number of hydrogen-bond donors (Lipinski definition) is 0. The Hall–Kier alpha value is 0.250. The maximum atomic E-state index is 2.72. The van der Waals surface area contributed by atoms with E-state index in [2.05, 4.69) is 25.7 Å². The van der Waals surface area contributed by atoms with Crippen LogP contribution in [0.1, 0.15) is 175 Å². The highest BCUT2D eigenvalue weighted by Crippen LogP contribution is 2.15. The highest BCUT2D eigenvalue weighted by molar-refractivity contribution is 5.85. The Morgan fingerprint density at radius 3 is 0.781 bits per heavy atom. The first kappa shape index (κ1) is 34.4. The highest BCUT2D eigenvalue weighted by atomic mass is 35.5. The summed E-state index contributed by atoms with van der Waals surface area (Å²) in [6.07, 6.45) is 34.8. The minimum absolute atomic E-state index is 0. The lowest BCUT2D eigenvalue weighted by atomic mass is 10.0. The molecule has 0 aromatic heterocycles. The maximum Gasteiger partial charge on any atom is -0.00187 e. The minimum Gasteiger partial charge on any atom is -0.303 e. The van der Waals surface area contributed by atoms with Gasteiger partial charge in [0.1, 0.15) is 0 Å². The zero-order valence-corrected chi connectivity index (χ0v) is 23.8. The Labute approximate surface area is 211 Å². The van der Waals surface area contributed by atoms with Crippen LogP contribution in [0.2, 0.25) is 0 Å². The van der Waals surface area contributed by atoms with Gasteiger partial charge in [0, 0.05) is 0 Å². The summed E-state index contributed by atoms with van der Waals surface area (Å²) in [6.45, 7) is 10.9. The van der Waals surface area contributed by atoms with Crippen molar-refractivity contribution >= 4 is 12.4 Å². The van der Waals surface area contributed by atoms with E-state index < -0.39 is 0 Å². The fourth-order valence-electron chi connectivity index (χ4n) is 4.69. The fraction of sp³-hybridized carbons (Fsp3) is 1.00. The van der Waals surface area contributed by atoms with E-state index >= 15 is 0 Å². The largest absolute Gasteiger partial charge is 0.303 e. The molecule has 0 radical (unpaired) electrons. The van der Waals surface area contributed by atoms with Gasteiger partial charge in [-0.3, -0.25) is 0 Å². The van der Waals surface area contributed by atoms with Crippen LogP contribution < -0.4 is 0 Å². The highest BCUT2D eigenvalue weighted by Gasteiger charge is 2.03. The van der Waals surface area contributed by atoms with Gasteiger partial charge in [-0.25, -0.2) is 0 Å². The number of unbranched alkanes of at least 4 members (excludes halogenated alkanes) is 21. The van der Waals surface area contributed by atoms with Gasteiger partial charge in [0.05, 0.1) is 0 Å². The second kappa shape index (κ2) is 31.2. The predicted molar refractivity (Wildman–Crippen MR) is 152 cm³/mol. The summed E-state index contributed by atoms with van der Waals surface area (Å²) in [7, 11) is 0. The molecule has 2 heteroatoms. The molecule has 0 aliphatic heterocycles. The molecule has 0 aliphatic carbocycles. The van der Waals surface area contributed by atoms with E-state index in [1.54, 1.807) is 0 Å². The number of rotatable bonds is 27. The van der Waals surface area contributed by atoms with Gasteiger partial charge in [-0.05, 0) is 38.9 Å². The molecule has 0 aromatic carbocycles. The fourth-order valence-corrected chi connectivity index (χ4v) is 4.69. The van der Waals surface area contributed by atoms with Crippen molar-refractivity contribution in [3.8, 4) is 0 Å². The Balaban J connectivity index is 0. The van der Waals surface area contributed by atoms with Crippen LogP contribution in [-0.2, 0) is 0 Å². The summed E-state index contributed by atoms with van der Waals surface area (Å²) in [5, 5.41) is 0. The van der Waals surface area contributed by atoms with E-state index in [0.717, 1.165) is 0 Å². The molecule has 0 aromatic rings. The molecule has 0 unspecified atom stereocenters. The Kier molecular flexibility index (Phi) is 33.6. The molecule has 0 rings (SSSR count). The summed E-state index contributed by atoms with van der Waals surface area (Å²) in [5.74, 6) is 0. The van der Waals surface area contributed by atoms with Crippen LogP contribution in [0.4, 0.5) is 0 Å². The van der Waals surface area contributed by atoms with Crippen LogP contribution in [-0.4, -0.2) is 24.5 Å². The van der Waals surface area contributed by atoms with E-state index in [-0.39, 0.29) is 12.4 Å². The van der Waals surface area contributed by atoms with Crippen molar-refractivity contribution in [3.05, 3.63) is 0 Å². The van der Waals surface area contributed by atoms with Crippen molar-refractivity contribution in [1.82, 2.24) is 4.90 Å². The van der Waals surface area contributed by atoms with E-state index in [1.807, 2.05) is 0 Å². The number of halogens is 1. The van der Waals surface area contributed by atoms with Gasteiger partial charge in [-0.15, -0.1) is 12.4 Å². The van der Waals surface area contributed by atoms with Crippen LogP contribution in [0.15, 0.2) is 0 Å². The zero-order valence-electron chi connectivity index (χ0n) is 22.9. The van der Waals surface area contributed by atoms with Crippen molar-refractivity contribution in [2.24, 2.45) is 0 Å². The van der Waals surface area contributed by atoms with Gasteiger partial charge in [-0.1, -0.05) is 156 Å². The summed E-state index contributed by atoms with van der Waals surface area (Å²) in [4.78, 5) is 2.72. The van der Waals surface area contributed by atoms with E-state index in [1.165, 1.54) is 174 Å². The number of hydrogen-bond acceptors (Lipinski definition) is 1. The van der Waals surface area contributed by atoms with Gasteiger partial charge in [0.15, 0.2) is 0 Å². The first-order chi connectivity index (χ1) is 15.3. The minimum atomic E-state index is 0. The lowest BCUT2D eigenvalue weighted by Crippen LogP contribution is -2.27. The average Bonchev–Trinajstić information content (AvgIpc) is 2.79. The van der Waals surface area contributed by atoms with Crippen LogP contribution in [0, 0.1) is 0 Å². The molecule has 0 amide bonds. The molecular formula is C30H64ClN. The Bertz CT molecular complexity index is 299. The lowest BCUT2D eigenvalue weighted by molar-refractivity contribution is 0.259. The quantitative estimate of drug-likeness (QED) is 0.107. The van der Waals surface area contributed by atoms with Gasteiger partial charge in [0.2, 0.25) is 0 Å². The van der Waals surface area contributed by atoms with Crippen molar-refractivity contribution < 1.29 is 0 Å². The van der Waals surface area contributed by atoms with Crippen LogP contribution >= 0.6 is 12.4 Å². The van der Waals surface area contributed by atoms with E-state index in [9.17, 15) is 0 Å². The van der Waals surface area contributed by atoms with Crippen molar-refractivity contribution in [2.45, 2.75) is 175 Å². The van der Waals surface area contributed by atoms with Crippen LogP contribution in [0.25, 0.3) is 0 Å². The second-order valence-electron chi connectivity index (χ2n) is 10.3. The van der Waals surface area contributed by atoms with E-state index in [0.29, 0.717) is 0 Å². The van der Waals surface area contributed by atoms with Crippen molar-refractivity contribution in [3.63, 3.8) is 0 Å². The Morgan fingerprint density at radius 2 is 0.500 bits per heavy atom. The first-order valence-corrected chi connectivity index (χ1v) is 15.1. The van der Waals surface area contributed by atoms with Crippen molar-refractivity contribution in [1.29, 1.82) is 0 Å². The van der Waals surface area contributed by atoms with E-state index in [4.69, 9.17) is 0 Å². The van der Waals surface area contributed by atoms with Gasteiger partial charge in [0.25, 0.3) is 0 Å². The van der Waals surface area contributed by atoms with Gasteiger partial charge >= 0.3 is 0 Å². The zero-order chi connectivity index (χ0) is 22.7. The van der Waals surface area contributed by atoms with Gasteiger partial charge < -0.3 is 4.90 Å². The van der Waals surface area contributed by atoms with Crippen LogP contribution in [0.5, 0.6) is 0 Å². The SMILES string of the molecule is CCCCCCCCCCCCCCCCCCCCCCN(CCCC)CCCC.Cl. The molecular weight excluding hydrogens is 410 g/mol. The molecule has 0 saturated carbocycles. The normalized spacial score (nSPS) is 11.2. The third kappa shape index (κ3) is 28.3. The maximum absolute atomic E-state index is 2.72. The molecule has 32 heavy (non-hydrogen) atoms. The summed E-state index contributed by atoms with van der Waals surface area (Å²) in [5.41, 5.74) is 0. The Morgan fingerprint density at radius 1 is 0.281 bits per heavy atom. The molecule has 0 bridgehead atoms.